The first kappa shape index (κ1) is 21.9. The number of hydrogen-bond acceptors (Lipinski definition) is 6. The topological polar surface area (TPSA) is 67.8 Å². The molecule has 1 fully saturated rings. The van der Waals surface area contributed by atoms with Gasteiger partial charge in [0.25, 0.3) is 5.91 Å². The molecule has 3 aromatic rings. The molecule has 0 bridgehead atoms. The smallest absolute Gasteiger partial charge is 0.254 e. The van der Waals surface area contributed by atoms with Gasteiger partial charge in [-0.3, -0.25) is 4.79 Å². The molecule has 2 heterocycles. The molecule has 2 aromatic carbocycles. The molecule has 1 atom stereocenters. The number of piperazine rings is 1. The molecule has 1 aromatic heterocycles. The fourth-order valence-corrected chi connectivity index (χ4v) is 3.98. The van der Waals surface area contributed by atoms with Gasteiger partial charge >= 0.3 is 0 Å². The highest BCUT2D eigenvalue weighted by molar-refractivity contribution is 6.30. The quantitative estimate of drug-likeness (QED) is 0.564. The maximum Gasteiger partial charge on any atom is 0.254 e. The van der Waals surface area contributed by atoms with E-state index in [4.69, 9.17) is 21.1 Å². The van der Waals surface area contributed by atoms with E-state index in [0.29, 0.717) is 47.6 Å². The largest absolute Gasteiger partial charge is 0.493 e. The SMILES string of the molecule is COc1cc(C)ccc1Oc1cc(N2CCN(C(=O)c3cccc(Cl)c3)[C@H](C)C2)ncn1. The van der Waals surface area contributed by atoms with Gasteiger partial charge in [-0.25, -0.2) is 9.97 Å². The lowest BCUT2D eigenvalue weighted by atomic mass is 10.1. The van der Waals surface area contributed by atoms with Gasteiger partial charge in [0.2, 0.25) is 5.88 Å². The monoisotopic (exact) mass is 452 g/mol. The normalized spacial score (nSPS) is 16.1. The maximum atomic E-state index is 12.9. The maximum absolute atomic E-state index is 12.9. The summed E-state index contributed by atoms with van der Waals surface area (Å²) >= 11 is 6.05. The van der Waals surface area contributed by atoms with Crippen LogP contribution in [0.25, 0.3) is 0 Å². The molecule has 0 aliphatic carbocycles. The Bertz CT molecular complexity index is 1120. The van der Waals surface area contributed by atoms with E-state index in [1.807, 2.05) is 36.9 Å². The van der Waals surface area contributed by atoms with Crippen LogP contribution in [0.3, 0.4) is 0 Å². The molecule has 166 valence electrons. The van der Waals surface area contributed by atoms with E-state index in [9.17, 15) is 4.79 Å². The summed E-state index contributed by atoms with van der Waals surface area (Å²) in [6.07, 6.45) is 1.49. The summed E-state index contributed by atoms with van der Waals surface area (Å²) in [5, 5.41) is 0.556. The average molecular weight is 453 g/mol. The van der Waals surface area contributed by atoms with Gasteiger partial charge in [0.15, 0.2) is 11.5 Å². The van der Waals surface area contributed by atoms with E-state index in [1.54, 1.807) is 37.4 Å². The summed E-state index contributed by atoms with van der Waals surface area (Å²) in [6, 6.07) is 14.6. The van der Waals surface area contributed by atoms with Gasteiger partial charge in [0.1, 0.15) is 12.1 Å². The Morgan fingerprint density at radius 3 is 2.69 bits per heavy atom. The Hall–Kier alpha value is -3.32. The lowest BCUT2D eigenvalue weighted by Crippen LogP contribution is -2.54. The van der Waals surface area contributed by atoms with Crippen molar-refractivity contribution in [3.63, 3.8) is 0 Å². The minimum Gasteiger partial charge on any atom is -0.493 e. The predicted molar refractivity (Wildman–Crippen MR) is 124 cm³/mol. The van der Waals surface area contributed by atoms with Gasteiger partial charge in [0, 0.05) is 42.3 Å². The standard InChI is InChI=1S/C24H25ClN4O3/c1-16-7-8-20(21(11-16)31-3)32-23-13-22(26-15-27-23)28-9-10-29(17(2)14-28)24(30)18-5-4-6-19(25)12-18/h4-8,11-13,15,17H,9-10,14H2,1-3H3/t17-/m1/s1. The molecule has 0 unspecified atom stereocenters. The third-order valence-corrected chi connectivity index (χ3v) is 5.68. The summed E-state index contributed by atoms with van der Waals surface area (Å²) in [5.74, 6) is 2.41. The molecule has 1 aliphatic heterocycles. The molecular formula is C24H25ClN4O3. The van der Waals surface area contributed by atoms with Crippen LogP contribution in [0.4, 0.5) is 5.82 Å². The number of nitrogens with zero attached hydrogens (tertiary/aromatic N) is 4. The fourth-order valence-electron chi connectivity index (χ4n) is 3.79. The van der Waals surface area contributed by atoms with Gasteiger partial charge in [-0.1, -0.05) is 23.7 Å². The number of hydrogen-bond donors (Lipinski definition) is 0. The second-order valence-corrected chi connectivity index (χ2v) is 8.21. The van der Waals surface area contributed by atoms with Crippen LogP contribution in [0, 0.1) is 6.92 Å². The zero-order chi connectivity index (χ0) is 22.7. The predicted octanol–water partition coefficient (Wildman–Crippen LogP) is 4.59. The van der Waals surface area contributed by atoms with Gasteiger partial charge in [0.05, 0.1) is 7.11 Å². The highest BCUT2D eigenvalue weighted by Crippen LogP contribution is 2.32. The molecule has 7 nitrogen and oxygen atoms in total. The number of aromatic nitrogens is 2. The van der Waals surface area contributed by atoms with E-state index in [2.05, 4.69) is 14.9 Å². The van der Waals surface area contributed by atoms with E-state index in [-0.39, 0.29) is 11.9 Å². The van der Waals surface area contributed by atoms with Crippen LogP contribution < -0.4 is 14.4 Å². The third kappa shape index (κ3) is 4.78. The first-order valence-corrected chi connectivity index (χ1v) is 10.8. The molecule has 0 radical (unpaired) electrons. The zero-order valence-electron chi connectivity index (χ0n) is 18.3. The van der Waals surface area contributed by atoms with Gasteiger partial charge in [-0.2, -0.15) is 0 Å². The van der Waals surface area contributed by atoms with E-state index in [0.717, 1.165) is 11.4 Å². The summed E-state index contributed by atoms with van der Waals surface area (Å²) in [4.78, 5) is 25.6. The number of carbonyl (C=O) groups excluding carboxylic acids is 1. The van der Waals surface area contributed by atoms with Gasteiger partial charge < -0.3 is 19.3 Å². The summed E-state index contributed by atoms with van der Waals surface area (Å²) < 4.78 is 11.4. The number of rotatable bonds is 5. The first-order chi connectivity index (χ1) is 15.4. The van der Waals surface area contributed by atoms with Crippen molar-refractivity contribution in [1.29, 1.82) is 0 Å². The minimum absolute atomic E-state index is 0.00626. The van der Waals surface area contributed by atoms with Crippen LogP contribution in [0.2, 0.25) is 5.02 Å². The van der Waals surface area contributed by atoms with Crippen molar-refractivity contribution in [2.45, 2.75) is 19.9 Å². The van der Waals surface area contributed by atoms with Crippen LogP contribution in [0.15, 0.2) is 54.9 Å². The number of carbonyl (C=O) groups is 1. The Morgan fingerprint density at radius 1 is 1.09 bits per heavy atom. The Labute approximate surface area is 192 Å². The number of amides is 1. The Kier molecular flexibility index (Phi) is 6.46. The summed E-state index contributed by atoms with van der Waals surface area (Å²) in [7, 11) is 1.61. The van der Waals surface area contributed by atoms with Crippen molar-refractivity contribution < 1.29 is 14.3 Å². The Morgan fingerprint density at radius 2 is 1.94 bits per heavy atom. The number of halogens is 1. The van der Waals surface area contributed by atoms with Crippen molar-refractivity contribution in [1.82, 2.24) is 14.9 Å². The van der Waals surface area contributed by atoms with E-state index < -0.39 is 0 Å². The average Bonchev–Trinajstić information content (AvgIpc) is 2.80. The third-order valence-electron chi connectivity index (χ3n) is 5.45. The van der Waals surface area contributed by atoms with Crippen LogP contribution >= 0.6 is 11.6 Å². The molecule has 1 amide bonds. The number of ether oxygens (including phenoxy) is 2. The van der Waals surface area contributed by atoms with Gasteiger partial charge in [-0.05, 0) is 49.7 Å². The molecular weight excluding hydrogens is 428 g/mol. The molecule has 1 aliphatic rings. The van der Waals surface area contributed by atoms with Crippen molar-refractivity contribution in [2.75, 3.05) is 31.6 Å². The van der Waals surface area contributed by atoms with Crippen molar-refractivity contribution in [2.24, 2.45) is 0 Å². The van der Waals surface area contributed by atoms with Crippen molar-refractivity contribution >= 4 is 23.3 Å². The molecule has 8 heteroatoms. The molecule has 0 N–H and O–H groups in total. The molecule has 0 spiro atoms. The zero-order valence-corrected chi connectivity index (χ0v) is 19.0. The minimum atomic E-state index is -0.0159. The highest BCUT2D eigenvalue weighted by atomic mass is 35.5. The summed E-state index contributed by atoms with van der Waals surface area (Å²) in [5.41, 5.74) is 1.68. The second-order valence-electron chi connectivity index (χ2n) is 7.77. The number of aryl methyl sites for hydroxylation is 1. The summed E-state index contributed by atoms with van der Waals surface area (Å²) in [6.45, 7) is 5.91. The van der Waals surface area contributed by atoms with Gasteiger partial charge in [-0.15, -0.1) is 0 Å². The molecule has 32 heavy (non-hydrogen) atoms. The lowest BCUT2D eigenvalue weighted by Gasteiger charge is -2.40. The van der Waals surface area contributed by atoms with Crippen molar-refractivity contribution in [3.8, 4) is 17.4 Å². The Balaban J connectivity index is 1.46. The van der Waals surface area contributed by atoms with Crippen LogP contribution in [0.1, 0.15) is 22.8 Å². The van der Waals surface area contributed by atoms with Crippen LogP contribution in [-0.2, 0) is 0 Å². The van der Waals surface area contributed by atoms with E-state index >= 15 is 0 Å². The lowest BCUT2D eigenvalue weighted by molar-refractivity contribution is 0.0673. The molecule has 0 saturated carbocycles. The van der Waals surface area contributed by atoms with Crippen LogP contribution in [0.5, 0.6) is 17.4 Å². The first-order valence-electron chi connectivity index (χ1n) is 10.4. The fraction of sp³-hybridized carbons (Fsp3) is 0.292. The molecule has 4 rings (SSSR count). The van der Waals surface area contributed by atoms with E-state index in [1.165, 1.54) is 6.33 Å². The van der Waals surface area contributed by atoms with Crippen molar-refractivity contribution in [3.05, 3.63) is 71.0 Å². The van der Waals surface area contributed by atoms with Crippen LogP contribution in [-0.4, -0.2) is 53.6 Å². The number of benzene rings is 2. The highest BCUT2D eigenvalue weighted by Gasteiger charge is 2.29. The molecule has 1 saturated heterocycles. The number of methoxy groups -OCH3 is 1. The second kappa shape index (κ2) is 9.44. The number of anilines is 1.